The van der Waals surface area contributed by atoms with Crippen LogP contribution in [0.4, 0.5) is 0 Å². The van der Waals surface area contributed by atoms with Crippen LogP contribution in [0.1, 0.15) is 91.9 Å². The van der Waals surface area contributed by atoms with E-state index in [4.69, 9.17) is 0 Å². The Labute approximate surface area is 138 Å². The first kappa shape index (κ1) is 16.7. The van der Waals surface area contributed by atoms with Gasteiger partial charge in [0.15, 0.2) is 0 Å². The van der Waals surface area contributed by atoms with Crippen molar-refractivity contribution < 1.29 is 4.79 Å². The minimum Gasteiger partial charge on any atom is -0.300 e. The van der Waals surface area contributed by atoms with Crippen LogP contribution >= 0.6 is 7.92 Å². The third-order valence-corrected chi connectivity index (χ3v) is 10.8. The summed E-state index contributed by atoms with van der Waals surface area (Å²) in [4.78, 5) is 12.8. The molecule has 1 nitrogen and oxygen atoms in total. The van der Waals surface area contributed by atoms with Gasteiger partial charge in [-0.2, -0.15) is 0 Å². The average Bonchev–Trinajstić information content (AvgIpc) is 2.40. The van der Waals surface area contributed by atoms with E-state index in [2.05, 4.69) is 33.8 Å². The fraction of sp³-hybridized carbons (Fsp3) is 0.850. The van der Waals surface area contributed by atoms with Crippen LogP contribution in [0.15, 0.2) is 11.6 Å². The van der Waals surface area contributed by atoms with Gasteiger partial charge in [0.05, 0.1) is 0 Å². The predicted octanol–water partition coefficient (Wildman–Crippen LogP) is 6.20. The highest BCUT2D eigenvalue weighted by molar-refractivity contribution is 7.63. The van der Waals surface area contributed by atoms with Crippen LogP contribution in [0, 0.1) is 0 Å². The van der Waals surface area contributed by atoms with E-state index in [1.54, 1.807) is 5.57 Å². The molecule has 124 valence electrons. The first-order valence-corrected chi connectivity index (χ1v) is 10.6. The van der Waals surface area contributed by atoms with Crippen LogP contribution < -0.4 is 0 Å². The molecule has 2 heteroatoms. The van der Waals surface area contributed by atoms with Gasteiger partial charge in [-0.1, -0.05) is 59.6 Å². The second-order valence-corrected chi connectivity index (χ2v) is 12.8. The molecule has 2 fully saturated rings. The maximum Gasteiger partial charge on any atom is 0.135 e. The molecule has 0 radical (unpaired) electrons. The van der Waals surface area contributed by atoms with Gasteiger partial charge in [0, 0.05) is 18.0 Å². The fourth-order valence-corrected chi connectivity index (χ4v) is 11.8. The van der Waals surface area contributed by atoms with Gasteiger partial charge in [-0.3, -0.25) is 4.79 Å². The molecule has 3 rings (SSSR count). The summed E-state index contributed by atoms with van der Waals surface area (Å²) in [7, 11) is -0.173. The molecule has 0 aromatic carbocycles. The lowest BCUT2D eigenvalue weighted by Gasteiger charge is -2.62. The lowest BCUT2D eigenvalue weighted by atomic mass is 9.78. The van der Waals surface area contributed by atoms with Gasteiger partial charge in [-0.15, -0.1) is 0 Å². The smallest absolute Gasteiger partial charge is 0.135 e. The van der Waals surface area contributed by atoms with Crippen LogP contribution in [0.2, 0.25) is 0 Å². The molecule has 1 saturated carbocycles. The summed E-state index contributed by atoms with van der Waals surface area (Å²) in [5, 5.41) is 0.936. The van der Waals surface area contributed by atoms with Gasteiger partial charge < -0.3 is 0 Å². The maximum absolute atomic E-state index is 12.8. The Balaban J connectivity index is 2.13. The third-order valence-electron chi connectivity index (χ3n) is 6.35. The van der Waals surface area contributed by atoms with Gasteiger partial charge in [0.1, 0.15) is 5.78 Å². The van der Waals surface area contributed by atoms with Gasteiger partial charge in [0.25, 0.3) is 0 Å². The molecule has 1 saturated heterocycles. The highest BCUT2D eigenvalue weighted by Gasteiger charge is 2.59. The Kier molecular flexibility index (Phi) is 4.35. The van der Waals surface area contributed by atoms with Crippen LogP contribution in [0.5, 0.6) is 0 Å². The minimum absolute atomic E-state index is 0.173. The average molecular weight is 320 g/mol. The fourth-order valence-electron chi connectivity index (χ4n) is 5.95. The molecule has 0 aromatic heterocycles. The summed E-state index contributed by atoms with van der Waals surface area (Å²) in [5.74, 6) is 0.569. The van der Waals surface area contributed by atoms with E-state index in [9.17, 15) is 4.79 Å². The van der Waals surface area contributed by atoms with E-state index in [0.29, 0.717) is 16.1 Å². The largest absolute Gasteiger partial charge is 0.300 e. The molecule has 22 heavy (non-hydrogen) atoms. The number of hydrogen-bond donors (Lipinski definition) is 0. The van der Waals surface area contributed by atoms with E-state index >= 15 is 0 Å². The summed E-state index contributed by atoms with van der Waals surface area (Å²) in [6, 6.07) is 0. The van der Waals surface area contributed by atoms with Crippen LogP contribution in [-0.2, 0) is 4.79 Å². The van der Waals surface area contributed by atoms with E-state index in [0.717, 1.165) is 12.8 Å². The summed E-state index contributed by atoms with van der Waals surface area (Å²) >= 11 is 0. The number of Topliss-reactive ketones (excluding diaryl/α,β-unsaturated/α-hetero) is 1. The first-order chi connectivity index (χ1) is 10.3. The van der Waals surface area contributed by atoms with Crippen LogP contribution in [-0.4, -0.2) is 21.3 Å². The van der Waals surface area contributed by atoms with Crippen LogP contribution in [0.3, 0.4) is 0 Å². The topological polar surface area (TPSA) is 17.1 Å². The lowest BCUT2D eigenvalue weighted by molar-refractivity contribution is -0.121. The Bertz CT molecular complexity index is 478. The molecule has 2 spiro atoms. The number of carbonyl (C=O) groups excluding carboxylic acids is 1. The van der Waals surface area contributed by atoms with Crippen molar-refractivity contribution in [3.8, 4) is 0 Å². The zero-order valence-corrected chi connectivity index (χ0v) is 15.9. The molecular weight excluding hydrogens is 287 g/mol. The first-order valence-electron chi connectivity index (χ1n) is 9.30. The number of rotatable bonds is 0. The Morgan fingerprint density at radius 1 is 1.00 bits per heavy atom. The molecular formula is C20H33OP. The highest BCUT2D eigenvalue weighted by Crippen LogP contribution is 2.78. The molecule has 0 bridgehead atoms. The van der Waals surface area contributed by atoms with E-state index in [-0.39, 0.29) is 13.1 Å². The van der Waals surface area contributed by atoms with Gasteiger partial charge in [-0.25, -0.2) is 0 Å². The molecule has 0 N–H and O–H groups in total. The molecule has 3 aliphatic rings. The normalized spacial score (nSPS) is 35.7. The minimum atomic E-state index is -0.173. The van der Waals surface area contributed by atoms with Gasteiger partial charge >= 0.3 is 0 Å². The lowest BCUT2D eigenvalue weighted by Crippen LogP contribution is -2.52. The maximum atomic E-state index is 12.8. The molecule has 2 aliphatic carbocycles. The zero-order valence-electron chi connectivity index (χ0n) is 15.0. The zero-order chi connectivity index (χ0) is 16.0. The summed E-state index contributed by atoms with van der Waals surface area (Å²) in [5.41, 5.74) is 1.57. The highest BCUT2D eigenvalue weighted by atomic mass is 31.1. The number of hydrogen-bond acceptors (Lipinski definition) is 1. The van der Waals surface area contributed by atoms with Crippen molar-refractivity contribution in [2.75, 3.05) is 0 Å². The van der Waals surface area contributed by atoms with E-state index < -0.39 is 0 Å². The molecule has 0 aromatic rings. The molecule has 1 aliphatic heterocycles. The van der Waals surface area contributed by atoms with Crippen molar-refractivity contribution in [2.24, 2.45) is 0 Å². The summed E-state index contributed by atoms with van der Waals surface area (Å²) < 4.78 is 0. The Morgan fingerprint density at radius 3 is 2.27 bits per heavy atom. The van der Waals surface area contributed by atoms with Crippen molar-refractivity contribution in [3.05, 3.63) is 11.6 Å². The van der Waals surface area contributed by atoms with Crippen molar-refractivity contribution in [2.45, 2.75) is 107 Å². The van der Waals surface area contributed by atoms with Crippen molar-refractivity contribution in [1.29, 1.82) is 0 Å². The predicted molar refractivity (Wildman–Crippen MR) is 97.1 cm³/mol. The van der Waals surface area contributed by atoms with E-state index in [1.807, 2.05) is 0 Å². The summed E-state index contributed by atoms with van der Waals surface area (Å²) in [6.07, 6.45) is 14.7. The number of ketones is 1. The molecule has 0 amide bonds. The third kappa shape index (κ3) is 2.62. The molecule has 1 heterocycles. The number of carbonyl (C=O) groups is 1. The van der Waals surface area contributed by atoms with Crippen LogP contribution in [0.25, 0.3) is 0 Å². The van der Waals surface area contributed by atoms with Gasteiger partial charge in [-0.05, 0) is 49.3 Å². The van der Waals surface area contributed by atoms with E-state index in [1.165, 1.54) is 51.4 Å². The standard InChI is InChI=1S/C20H33OP/c1-16-10-6-9-13-20(16)15-17(21)14-19(11-7-5-8-12-19)22(20)18(2,3)4/h10H,5-9,11-15H2,1-4H3. The SMILES string of the molecule is CC1=CCCCC12CC(=O)CC1(CCCCC1)P2C(C)(C)C. The quantitative estimate of drug-likeness (QED) is 0.383. The summed E-state index contributed by atoms with van der Waals surface area (Å²) in [6.45, 7) is 9.74. The van der Waals surface area contributed by atoms with Crippen molar-refractivity contribution >= 4 is 13.7 Å². The second-order valence-electron chi connectivity index (χ2n) is 8.99. The molecule has 2 unspecified atom stereocenters. The van der Waals surface area contributed by atoms with Crippen molar-refractivity contribution in [3.63, 3.8) is 0 Å². The molecule has 2 atom stereocenters. The Morgan fingerprint density at radius 2 is 1.68 bits per heavy atom. The van der Waals surface area contributed by atoms with Gasteiger partial charge in [0.2, 0.25) is 0 Å². The Hall–Kier alpha value is -0.160. The number of allylic oxidation sites excluding steroid dienone is 2. The van der Waals surface area contributed by atoms with Crippen molar-refractivity contribution in [1.82, 2.24) is 0 Å². The second kappa shape index (κ2) is 5.73. The monoisotopic (exact) mass is 320 g/mol.